The van der Waals surface area contributed by atoms with Gasteiger partial charge >= 0.3 is 0 Å². The molecule has 2 unspecified atom stereocenters. The molecule has 2 heteroatoms. The molecule has 0 bridgehead atoms. The lowest BCUT2D eigenvalue weighted by Crippen LogP contribution is -2.25. The van der Waals surface area contributed by atoms with Crippen LogP contribution in [0.3, 0.4) is 0 Å². The van der Waals surface area contributed by atoms with Gasteiger partial charge in [0, 0.05) is 0 Å². The first-order chi connectivity index (χ1) is 5.17. The van der Waals surface area contributed by atoms with E-state index < -0.39 is 6.10 Å². The lowest BCUT2D eigenvalue weighted by atomic mass is 9.89. The maximum Gasteiger partial charge on any atom is 0.0723 e. The van der Waals surface area contributed by atoms with Crippen LogP contribution in [0, 0.1) is 23.2 Å². The molecule has 0 radical (unpaired) electrons. The fraction of sp³-hybridized carbons (Fsp3) is 0.889. The second kappa shape index (κ2) is 5.15. The number of hydrogen-bond acceptors (Lipinski definition) is 2. The molecule has 0 aromatic carbocycles. The number of nitrogens with zero attached hydrogens (tertiary/aromatic N) is 1. The van der Waals surface area contributed by atoms with Crippen molar-refractivity contribution in [1.29, 1.82) is 5.26 Å². The number of aliphatic hydroxyl groups is 1. The number of nitriles is 1. The zero-order valence-electron chi connectivity index (χ0n) is 7.54. The highest BCUT2D eigenvalue weighted by Gasteiger charge is 2.21. The summed E-state index contributed by atoms with van der Waals surface area (Å²) in [6.07, 6.45) is 1.45. The first-order valence-electron chi connectivity index (χ1n) is 4.25. The van der Waals surface area contributed by atoms with Gasteiger partial charge in [-0.15, -0.1) is 0 Å². The van der Waals surface area contributed by atoms with Gasteiger partial charge in [-0.3, -0.25) is 0 Å². The Kier molecular flexibility index (Phi) is 4.89. The predicted molar refractivity (Wildman–Crippen MR) is 44.9 cm³/mol. The van der Waals surface area contributed by atoms with Crippen LogP contribution in [0.4, 0.5) is 0 Å². The van der Waals surface area contributed by atoms with Crippen molar-refractivity contribution < 1.29 is 5.11 Å². The molecule has 64 valence electrons. The molecule has 0 saturated heterocycles. The van der Waals surface area contributed by atoms with Crippen LogP contribution >= 0.6 is 0 Å². The third kappa shape index (κ3) is 2.90. The molecule has 0 aliphatic rings. The number of rotatable bonds is 4. The minimum atomic E-state index is -0.449. The molecule has 2 atom stereocenters. The number of hydrogen-bond donors (Lipinski definition) is 1. The quantitative estimate of drug-likeness (QED) is 0.674. The van der Waals surface area contributed by atoms with Crippen LogP contribution in [0.2, 0.25) is 0 Å². The Morgan fingerprint density at radius 3 is 2.09 bits per heavy atom. The normalized spacial score (nSPS) is 16.0. The lowest BCUT2D eigenvalue weighted by molar-refractivity contribution is 0.0733. The zero-order valence-corrected chi connectivity index (χ0v) is 7.54. The summed E-state index contributed by atoms with van der Waals surface area (Å²) >= 11 is 0. The summed E-state index contributed by atoms with van der Waals surface area (Å²) in [7, 11) is 0. The average Bonchev–Trinajstić information content (AvgIpc) is 2.05. The van der Waals surface area contributed by atoms with Crippen molar-refractivity contribution in [3.05, 3.63) is 0 Å². The van der Waals surface area contributed by atoms with Gasteiger partial charge in [0.25, 0.3) is 0 Å². The van der Waals surface area contributed by atoms with Crippen molar-refractivity contribution in [2.75, 3.05) is 0 Å². The van der Waals surface area contributed by atoms with Crippen molar-refractivity contribution in [3.63, 3.8) is 0 Å². The molecule has 0 spiro atoms. The fourth-order valence-electron chi connectivity index (χ4n) is 1.26. The largest absolute Gasteiger partial charge is 0.391 e. The average molecular weight is 155 g/mol. The van der Waals surface area contributed by atoms with Gasteiger partial charge in [-0.2, -0.15) is 5.26 Å². The molecule has 0 aromatic rings. The molecule has 0 heterocycles. The molecule has 0 rings (SSSR count). The van der Waals surface area contributed by atoms with Crippen LogP contribution < -0.4 is 0 Å². The summed E-state index contributed by atoms with van der Waals surface area (Å²) in [5.74, 6) is 0.0459. The summed E-state index contributed by atoms with van der Waals surface area (Å²) < 4.78 is 0. The van der Waals surface area contributed by atoms with E-state index in [1.54, 1.807) is 6.92 Å². The summed E-state index contributed by atoms with van der Waals surface area (Å²) in [5, 5.41) is 18.1. The van der Waals surface area contributed by atoms with Gasteiger partial charge in [0.2, 0.25) is 0 Å². The van der Waals surface area contributed by atoms with E-state index >= 15 is 0 Å². The predicted octanol–water partition coefficient (Wildman–Crippen LogP) is 1.94. The van der Waals surface area contributed by atoms with Gasteiger partial charge in [0.1, 0.15) is 0 Å². The van der Waals surface area contributed by atoms with Gasteiger partial charge in [-0.05, 0) is 12.8 Å². The minimum Gasteiger partial charge on any atom is -0.391 e. The molecule has 0 saturated carbocycles. The molecular weight excluding hydrogens is 138 g/mol. The molecule has 2 nitrogen and oxygen atoms in total. The molecule has 0 aromatic heterocycles. The highest BCUT2D eigenvalue weighted by Crippen LogP contribution is 2.18. The third-order valence-electron chi connectivity index (χ3n) is 2.25. The van der Waals surface area contributed by atoms with Gasteiger partial charge in [-0.1, -0.05) is 26.7 Å². The van der Waals surface area contributed by atoms with E-state index in [1.807, 2.05) is 13.8 Å². The lowest BCUT2D eigenvalue weighted by Gasteiger charge is -2.21. The van der Waals surface area contributed by atoms with Gasteiger partial charge in [0.05, 0.1) is 18.1 Å². The molecule has 1 N–H and O–H groups in total. The van der Waals surface area contributed by atoms with Crippen molar-refractivity contribution in [2.45, 2.75) is 39.7 Å². The Bertz CT molecular complexity index is 135. The minimum absolute atomic E-state index is 0.236. The number of aliphatic hydroxyl groups excluding tert-OH is 1. The zero-order chi connectivity index (χ0) is 8.85. The van der Waals surface area contributed by atoms with Gasteiger partial charge < -0.3 is 5.11 Å². The van der Waals surface area contributed by atoms with E-state index in [2.05, 4.69) is 6.07 Å². The maximum atomic E-state index is 9.55. The summed E-state index contributed by atoms with van der Waals surface area (Å²) in [5.41, 5.74) is 0. The smallest absolute Gasteiger partial charge is 0.0723 e. The molecule has 0 aliphatic heterocycles. The molecule has 0 amide bonds. The standard InChI is InChI=1S/C9H17NO/c1-4-8(5-2)9(11)7(3)6-10/h7-9,11H,4-5H2,1-3H3. The first-order valence-corrected chi connectivity index (χ1v) is 4.25. The van der Waals surface area contributed by atoms with Crippen molar-refractivity contribution in [2.24, 2.45) is 11.8 Å². The van der Waals surface area contributed by atoms with Crippen LogP contribution in [0.25, 0.3) is 0 Å². The Balaban J connectivity index is 3.99. The summed E-state index contributed by atoms with van der Waals surface area (Å²) in [4.78, 5) is 0. The first kappa shape index (κ1) is 10.4. The van der Waals surface area contributed by atoms with Crippen LogP contribution in [0.1, 0.15) is 33.6 Å². The maximum absolute atomic E-state index is 9.55. The highest BCUT2D eigenvalue weighted by atomic mass is 16.3. The van der Waals surface area contributed by atoms with Crippen LogP contribution in [-0.4, -0.2) is 11.2 Å². The van der Waals surface area contributed by atoms with E-state index in [0.29, 0.717) is 0 Å². The van der Waals surface area contributed by atoms with Crippen molar-refractivity contribution in [1.82, 2.24) is 0 Å². The SMILES string of the molecule is CCC(CC)C(O)C(C)C#N. The summed E-state index contributed by atoms with van der Waals surface area (Å²) in [6, 6.07) is 2.06. The van der Waals surface area contributed by atoms with Crippen LogP contribution in [0.5, 0.6) is 0 Å². The van der Waals surface area contributed by atoms with Gasteiger partial charge in [-0.25, -0.2) is 0 Å². The molecule has 0 fully saturated rings. The highest BCUT2D eigenvalue weighted by molar-refractivity contribution is 4.87. The summed E-state index contributed by atoms with van der Waals surface area (Å²) in [6.45, 7) is 5.85. The van der Waals surface area contributed by atoms with E-state index in [1.165, 1.54) is 0 Å². The van der Waals surface area contributed by atoms with Crippen LogP contribution in [0.15, 0.2) is 0 Å². The monoisotopic (exact) mass is 155 g/mol. The third-order valence-corrected chi connectivity index (χ3v) is 2.25. The van der Waals surface area contributed by atoms with E-state index in [9.17, 15) is 5.11 Å². The Morgan fingerprint density at radius 2 is 1.82 bits per heavy atom. The fourth-order valence-corrected chi connectivity index (χ4v) is 1.26. The Labute approximate surface area is 68.8 Å². The van der Waals surface area contributed by atoms with E-state index in [4.69, 9.17) is 5.26 Å². The van der Waals surface area contributed by atoms with Crippen molar-refractivity contribution >= 4 is 0 Å². The van der Waals surface area contributed by atoms with Crippen molar-refractivity contribution in [3.8, 4) is 6.07 Å². The van der Waals surface area contributed by atoms with Crippen LogP contribution in [-0.2, 0) is 0 Å². The van der Waals surface area contributed by atoms with Gasteiger partial charge in [0.15, 0.2) is 0 Å². The second-order valence-electron chi connectivity index (χ2n) is 2.98. The Morgan fingerprint density at radius 1 is 1.36 bits per heavy atom. The Hall–Kier alpha value is -0.550. The molecular formula is C9H17NO. The second-order valence-corrected chi connectivity index (χ2v) is 2.98. The van der Waals surface area contributed by atoms with E-state index in [-0.39, 0.29) is 11.8 Å². The molecule has 11 heavy (non-hydrogen) atoms. The molecule has 0 aliphatic carbocycles. The van der Waals surface area contributed by atoms with E-state index in [0.717, 1.165) is 12.8 Å². The topological polar surface area (TPSA) is 44.0 Å².